The molecule has 0 radical (unpaired) electrons. The standard InChI is InChI=1S/C28H24ClN5O3/c1-36-22-13-9-19(10-14-22)25-24(29)23-26(31-17-32-27(23)37-25)30-16-15-18-7-11-21(12-8-18)34-28(35)33-20-5-3-2-4-6-20/h2-14,17H,15-16H2,1H3,(H,30,31,32)(H2,33,34,35). The summed E-state index contributed by atoms with van der Waals surface area (Å²) in [5, 5.41) is 10.1. The summed E-state index contributed by atoms with van der Waals surface area (Å²) in [6.45, 7) is 0.618. The number of ether oxygens (including phenoxy) is 1. The lowest BCUT2D eigenvalue weighted by molar-refractivity contribution is 0.262. The van der Waals surface area contributed by atoms with Crippen LogP contribution in [0.2, 0.25) is 5.02 Å². The normalized spacial score (nSPS) is 10.8. The van der Waals surface area contributed by atoms with Crippen molar-refractivity contribution in [1.29, 1.82) is 0 Å². The highest BCUT2D eigenvalue weighted by molar-refractivity contribution is 6.38. The summed E-state index contributed by atoms with van der Waals surface area (Å²) in [7, 11) is 1.62. The third kappa shape index (κ3) is 5.65. The van der Waals surface area contributed by atoms with E-state index in [1.54, 1.807) is 7.11 Å². The van der Waals surface area contributed by atoms with Crippen molar-refractivity contribution in [2.45, 2.75) is 6.42 Å². The number of hydrogen-bond acceptors (Lipinski definition) is 6. The zero-order valence-electron chi connectivity index (χ0n) is 20.0. The Bertz CT molecular complexity index is 1500. The summed E-state index contributed by atoms with van der Waals surface area (Å²) in [5.74, 6) is 1.88. The molecule has 0 saturated carbocycles. The number of halogens is 1. The largest absolute Gasteiger partial charge is 0.497 e. The number of fused-ring (bicyclic) bond motifs is 1. The molecule has 3 aromatic carbocycles. The van der Waals surface area contributed by atoms with Crippen LogP contribution in [-0.2, 0) is 6.42 Å². The van der Waals surface area contributed by atoms with Gasteiger partial charge in [0, 0.05) is 23.5 Å². The predicted octanol–water partition coefficient (Wildman–Crippen LogP) is 6.85. The number of aromatic nitrogens is 2. The third-order valence-electron chi connectivity index (χ3n) is 5.73. The van der Waals surface area contributed by atoms with Gasteiger partial charge in [-0.25, -0.2) is 14.8 Å². The molecule has 0 aliphatic carbocycles. The Morgan fingerprint density at radius 1 is 0.919 bits per heavy atom. The molecular weight excluding hydrogens is 490 g/mol. The van der Waals surface area contributed by atoms with Gasteiger partial charge >= 0.3 is 6.03 Å². The van der Waals surface area contributed by atoms with E-state index in [1.807, 2.05) is 78.9 Å². The summed E-state index contributed by atoms with van der Waals surface area (Å²) >= 11 is 6.69. The molecule has 5 aromatic rings. The Balaban J connectivity index is 1.21. The molecule has 3 N–H and O–H groups in total. The van der Waals surface area contributed by atoms with Crippen LogP contribution in [0.3, 0.4) is 0 Å². The van der Waals surface area contributed by atoms with Gasteiger partial charge in [-0.15, -0.1) is 0 Å². The van der Waals surface area contributed by atoms with Crippen LogP contribution in [0.15, 0.2) is 89.6 Å². The second-order valence-electron chi connectivity index (χ2n) is 8.19. The molecule has 2 heterocycles. The van der Waals surface area contributed by atoms with Crippen LogP contribution in [0, 0.1) is 0 Å². The minimum Gasteiger partial charge on any atom is -0.497 e. The minimum atomic E-state index is -0.292. The second-order valence-corrected chi connectivity index (χ2v) is 8.57. The van der Waals surface area contributed by atoms with E-state index in [9.17, 15) is 4.79 Å². The summed E-state index contributed by atoms with van der Waals surface area (Å²) in [4.78, 5) is 20.8. The fourth-order valence-corrected chi connectivity index (χ4v) is 4.17. The molecule has 2 aromatic heterocycles. The highest BCUT2D eigenvalue weighted by Crippen LogP contribution is 2.39. The number of nitrogens with one attached hydrogen (secondary N) is 3. The van der Waals surface area contributed by atoms with Crippen LogP contribution in [0.5, 0.6) is 5.75 Å². The number of carbonyl (C=O) groups is 1. The van der Waals surface area contributed by atoms with Gasteiger partial charge in [0.2, 0.25) is 5.71 Å². The number of nitrogens with zero attached hydrogens (tertiary/aromatic N) is 2. The summed E-state index contributed by atoms with van der Waals surface area (Å²) < 4.78 is 11.2. The van der Waals surface area contributed by atoms with E-state index in [2.05, 4.69) is 25.9 Å². The second kappa shape index (κ2) is 11.0. The fourth-order valence-electron chi connectivity index (χ4n) is 3.86. The molecular formula is C28H24ClN5O3. The smallest absolute Gasteiger partial charge is 0.323 e. The highest BCUT2D eigenvalue weighted by Gasteiger charge is 2.19. The molecule has 0 aliphatic heterocycles. The maximum Gasteiger partial charge on any atom is 0.323 e. The summed E-state index contributed by atoms with van der Waals surface area (Å²) in [6.07, 6.45) is 2.19. The van der Waals surface area contributed by atoms with Crippen molar-refractivity contribution >= 4 is 45.9 Å². The first-order chi connectivity index (χ1) is 18.1. The first-order valence-electron chi connectivity index (χ1n) is 11.6. The number of benzene rings is 3. The number of para-hydroxylation sites is 1. The molecule has 0 spiro atoms. The molecule has 0 aliphatic rings. The van der Waals surface area contributed by atoms with Crippen molar-refractivity contribution in [3.05, 3.63) is 95.8 Å². The Morgan fingerprint density at radius 2 is 1.62 bits per heavy atom. The SMILES string of the molecule is COc1ccc(-c2oc3ncnc(NCCc4ccc(NC(=O)Nc5ccccc5)cc4)c3c2Cl)cc1. The van der Waals surface area contributed by atoms with Crippen molar-refractivity contribution in [3.63, 3.8) is 0 Å². The lowest BCUT2D eigenvalue weighted by Crippen LogP contribution is -2.19. The van der Waals surface area contributed by atoms with E-state index in [-0.39, 0.29) is 6.03 Å². The van der Waals surface area contributed by atoms with E-state index in [0.717, 1.165) is 29.0 Å². The lowest BCUT2D eigenvalue weighted by atomic mass is 10.1. The molecule has 9 heteroatoms. The van der Waals surface area contributed by atoms with Crippen molar-refractivity contribution in [2.24, 2.45) is 0 Å². The molecule has 0 bridgehead atoms. The number of furan rings is 1. The highest BCUT2D eigenvalue weighted by atomic mass is 35.5. The van der Waals surface area contributed by atoms with E-state index in [1.165, 1.54) is 6.33 Å². The zero-order chi connectivity index (χ0) is 25.6. The zero-order valence-corrected chi connectivity index (χ0v) is 20.8. The summed E-state index contributed by atoms with van der Waals surface area (Å²) in [5.41, 5.74) is 3.77. The first-order valence-corrected chi connectivity index (χ1v) is 12.0. The van der Waals surface area contributed by atoms with Gasteiger partial charge in [0.05, 0.1) is 7.11 Å². The number of carbonyl (C=O) groups excluding carboxylic acids is 1. The van der Waals surface area contributed by atoms with Crippen molar-refractivity contribution in [2.75, 3.05) is 29.6 Å². The monoisotopic (exact) mass is 513 g/mol. The minimum absolute atomic E-state index is 0.292. The third-order valence-corrected chi connectivity index (χ3v) is 6.09. The van der Waals surface area contributed by atoms with E-state index >= 15 is 0 Å². The fraction of sp³-hybridized carbons (Fsp3) is 0.107. The summed E-state index contributed by atoms with van der Waals surface area (Å²) in [6, 6.07) is 24.1. The average molecular weight is 514 g/mol. The van der Waals surface area contributed by atoms with E-state index in [4.69, 9.17) is 20.8 Å². The van der Waals surface area contributed by atoms with Gasteiger partial charge in [-0.2, -0.15) is 0 Å². The number of rotatable bonds is 8. The van der Waals surface area contributed by atoms with Crippen LogP contribution in [-0.4, -0.2) is 29.7 Å². The number of methoxy groups -OCH3 is 1. The molecule has 0 fully saturated rings. The first kappa shape index (κ1) is 24.1. The molecule has 0 saturated heterocycles. The Morgan fingerprint density at radius 3 is 2.32 bits per heavy atom. The molecule has 2 amide bonds. The van der Waals surface area contributed by atoms with E-state index < -0.39 is 0 Å². The van der Waals surface area contributed by atoms with Gasteiger partial charge in [0.25, 0.3) is 0 Å². The van der Waals surface area contributed by atoms with Crippen molar-refractivity contribution in [3.8, 4) is 17.1 Å². The average Bonchev–Trinajstić information content (AvgIpc) is 3.27. The van der Waals surface area contributed by atoms with Crippen LogP contribution >= 0.6 is 11.6 Å². The molecule has 186 valence electrons. The van der Waals surface area contributed by atoms with Crippen molar-refractivity contribution < 1.29 is 13.9 Å². The number of hydrogen-bond donors (Lipinski definition) is 3. The maximum atomic E-state index is 12.2. The molecule has 0 unspecified atom stereocenters. The van der Waals surface area contributed by atoms with Crippen molar-refractivity contribution in [1.82, 2.24) is 9.97 Å². The quantitative estimate of drug-likeness (QED) is 0.210. The van der Waals surface area contributed by atoms with E-state index in [0.29, 0.717) is 39.9 Å². The molecule has 37 heavy (non-hydrogen) atoms. The lowest BCUT2D eigenvalue weighted by Gasteiger charge is -2.09. The van der Waals surface area contributed by atoms with Gasteiger partial charge in [-0.1, -0.05) is 41.9 Å². The van der Waals surface area contributed by atoms with Crippen LogP contribution in [0.1, 0.15) is 5.56 Å². The van der Waals surface area contributed by atoms with Gasteiger partial charge in [0.1, 0.15) is 28.3 Å². The van der Waals surface area contributed by atoms with Gasteiger partial charge in [-0.05, 0) is 60.5 Å². The Hall–Kier alpha value is -4.56. The van der Waals surface area contributed by atoms with Crippen LogP contribution in [0.4, 0.5) is 22.0 Å². The molecule has 8 nitrogen and oxygen atoms in total. The molecule has 5 rings (SSSR count). The Labute approximate surface area is 218 Å². The van der Waals surface area contributed by atoms with Crippen LogP contribution in [0.25, 0.3) is 22.4 Å². The van der Waals surface area contributed by atoms with Gasteiger partial charge in [-0.3, -0.25) is 0 Å². The predicted molar refractivity (Wildman–Crippen MR) is 147 cm³/mol. The van der Waals surface area contributed by atoms with Gasteiger partial charge < -0.3 is 25.1 Å². The number of anilines is 3. The van der Waals surface area contributed by atoms with Gasteiger partial charge in [0.15, 0.2) is 5.76 Å². The topological polar surface area (TPSA) is 101 Å². The Kier molecular flexibility index (Phi) is 7.19. The van der Waals surface area contributed by atoms with Crippen LogP contribution < -0.4 is 20.7 Å². The number of amides is 2. The maximum absolute atomic E-state index is 12.2. The molecule has 0 atom stereocenters. The number of urea groups is 1.